The van der Waals surface area contributed by atoms with Crippen LogP contribution in [0.1, 0.15) is 12.5 Å². The number of hydrogen-bond donors (Lipinski definition) is 1. The third-order valence-corrected chi connectivity index (χ3v) is 1.57. The molecule has 0 aliphatic heterocycles. The Balaban J connectivity index is 2.75. The molecule has 0 fully saturated rings. The normalized spacial score (nSPS) is 10.2. The van der Waals surface area contributed by atoms with Gasteiger partial charge in [0.25, 0.3) is 0 Å². The molecule has 1 aromatic carbocycles. The minimum Gasteiger partial charge on any atom is -0.398 e. The molecule has 3 heteroatoms. The number of nitrogen functional groups attached to an aromatic ring is 1. The Kier molecular flexibility index (Phi) is 3.05. The minimum absolute atomic E-state index is 0.279. The van der Waals surface area contributed by atoms with Gasteiger partial charge < -0.3 is 10.5 Å². The van der Waals surface area contributed by atoms with E-state index in [1.165, 1.54) is 12.1 Å². The number of halogens is 1. The number of benzene rings is 1. The van der Waals surface area contributed by atoms with Crippen LogP contribution in [-0.4, -0.2) is 6.61 Å². The maximum Gasteiger partial charge on any atom is 0.123 e. The zero-order valence-electron chi connectivity index (χ0n) is 7.01. The van der Waals surface area contributed by atoms with Gasteiger partial charge in [-0.25, -0.2) is 4.39 Å². The molecule has 1 rings (SSSR count). The van der Waals surface area contributed by atoms with Crippen molar-refractivity contribution < 1.29 is 9.13 Å². The highest BCUT2D eigenvalue weighted by Gasteiger charge is 1.99. The van der Waals surface area contributed by atoms with Gasteiger partial charge in [-0.1, -0.05) is 0 Å². The van der Waals surface area contributed by atoms with E-state index in [-0.39, 0.29) is 5.82 Å². The van der Waals surface area contributed by atoms with Gasteiger partial charge in [-0.05, 0) is 25.1 Å². The molecule has 0 spiro atoms. The van der Waals surface area contributed by atoms with E-state index in [4.69, 9.17) is 10.5 Å². The second-order valence-electron chi connectivity index (χ2n) is 2.48. The fourth-order valence-electron chi connectivity index (χ4n) is 0.911. The van der Waals surface area contributed by atoms with Crippen molar-refractivity contribution in [3.8, 4) is 0 Å². The van der Waals surface area contributed by atoms with Crippen molar-refractivity contribution in [3.05, 3.63) is 29.6 Å². The lowest BCUT2D eigenvalue weighted by Gasteiger charge is -2.04. The summed E-state index contributed by atoms with van der Waals surface area (Å²) in [4.78, 5) is 0. The summed E-state index contributed by atoms with van der Waals surface area (Å²) in [5.74, 6) is -0.279. The van der Waals surface area contributed by atoms with E-state index < -0.39 is 0 Å². The van der Waals surface area contributed by atoms with Crippen LogP contribution in [0, 0.1) is 5.82 Å². The molecule has 0 radical (unpaired) electrons. The molecule has 0 bridgehead atoms. The average molecular weight is 169 g/mol. The van der Waals surface area contributed by atoms with Crippen molar-refractivity contribution in [1.82, 2.24) is 0 Å². The van der Waals surface area contributed by atoms with Crippen molar-refractivity contribution in [2.24, 2.45) is 0 Å². The summed E-state index contributed by atoms with van der Waals surface area (Å²) >= 11 is 0. The molecule has 0 aliphatic carbocycles. The molecule has 2 N–H and O–H groups in total. The summed E-state index contributed by atoms with van der Waals surface area (Å²) in [6.45, 7) is 2.87. The van der Waals surface area contributed by atoms with E-state index in [9.17, 15) is 4.39 Å². The van der Waals surface area contributed by atoms with Gasteiger partial charge in [0.15, 0.2) is 0 Å². The lowest BCUT2D eigenvalue weighted by molar-refractivity contribution is 0.134. The first-order valence-electron chi connectivity index (χ1n) is 3.85. The van der Waals surface area contributed by atoms with E-state index >= 15 is 0 Å². The smallest absolute Gasteiger partial charge is 0.123 e. The molecule has 0 heterocycles. The third kappa shape index (κ3) is 2.20. The largest absolute Gasteiger partial charge is 0.398 e. The van der Waals surface area contributed by atoms with Crippen molar-refractivity contribution in [1.29, 1.82) is 0 Å². The fraction of sp³-hybridized carbons (Fsp3) is 0.333. The van der Waals surface area contributed by atoms with Crippen LogP contribution in [0.3, 0.4) is 0 Å². The SMILES string of the molecule is CCOCc1cc(F)ccc1N. The summed E-state index contributed by atoms with van der Waals surface area (Å²) in [7, 11) is 0. The maximum atomic E-state index is 12.7. The summed E-state index contributed by atoms with van der Waals surface area (Å²) in [5.41, 5.74) is 6.86. The van der Waals surface area contributed by atoms with Crippen LogP contribution in [0.5, 0.6) is 0 Å². The molecule has 0 amide bonds. The maximum absolute atomic E-state index is 12.7. The van der Waals surface area contributed by atoms with E-state index in [0.717, 1.165) is 0 Å². The van der Waals surface area contributed by atoms with Gasteiger partial charge in [0.05, 0.1) is 6.61 Å². The molecule has 0 saturated heterocycles. The highest BCUT2D eigenvalue weighted by Crippen LogP contribution is 2.13. The zero-order chi connectivity index (χ0) is 8.97. The molecular weight excluding hydrogens is 157 g/mol. The van der Waals surface area contributed by atoms with Crippen LogP contribution < -0.4 is 5.73 Å². The fourth-order valence-corrected chi connectivity index (χ4v) is 0.911. The van der Waals surface area contributed by atoms with E-state index in [1.807, 2.05) is 6.92 Å². The zero-order valence-corrected chi connectivity index (χ0v) is 7.01. The third-order valence-electron chi connectivity index (χ3n) is 1.57. The van der Waals surface area contributed by atoms with E-state index in [0.29, 0.717) is 24.5 Å². The molecule has 2 nitrogen and oxygen atoms in total. The Bertz CT molecular complexity index is 263. The highest BCUT2D eigenvalue weighted by atomic mass is 19.1. The van der Waals surface area contributed by atoms with Crippen LogP contribution >= 0.6 is 0 Å². The minimum atomic E-state index is -0.279. The Morgan fingerprint density at radius 3 is 2.92 bits per heavy atom. The van der Waals surface area contributed by atoms with E-state index in [2.05, 4.69) is 0 Å². The van der Waals surface area contributed by atoms with Gasteiger partial charge >= 0.3 is 0 Å². The molecule has 0 saturated carbocycles. The van der Waals surface area contributed by atoms with Gasteiger partial charge in [-0.3, -0.25) is 0 Å². The molecular formula is C9H12FNO. The molecule has 0 unspecified atom stereocenters. The van der Waals surface area contributed by atoms with Gasteiger partial charge in [0.1, 0.15) is 5.82 Å². The van der Waals surface area contributed by atoms with Gasteiger partial charge in [0.2, 0.25) is 0 Å². The number of nitrogens with two attached hydrogens (primary N) is 1. The van der Waals surface area contributed by atoms with Crippen LogP contribution in [-0.2, 0) is 11.3 Å². The second-order valence-corrected chi connectivity index (χ2v) is 2.48. The summed E-state index contributed by atoms with van der Waals surface area (Å²) in [5, 5.41) is 0. The number of hydrogen-bond acceptors (Lipinski definition) is 2. The molecule has 0 aromatic heterocycles. The first kappa shape index (κ1) is 9.00. The first-order valence-corrected chi connectivity index (χ1v) is 3.85. The van der Waals surface area contributed by atoms with Crippen molar-refractivity contribution in [2.75, 3.05) is 12.3 Å². The van der Waals surface area contributed by atoms with Gasteiger partial charge in [-0.15, -0.1) is 0 Å². The van der Waals surface area contributed by atoms with Crippen molar-refractivity contribution in [3.63, 3.8) is 0 Å². The standard InChI is InChI=1S/C9H12FNO/c1-2-12-6-7-5-8(10)3-4-9(7)11/h3-5H,2,6,11H2,1H3. The number of rotatable bonds is 3. The van der Waals surface area contributed by atoms with Crippen LogP contribution in [0.4, 0.5) is 10.1 Å². The topological polar surface area (TPSA) is 35.2 Å². The Morgan fingerprint density at radius 2 is 2.25 bits per heavy atom. The Morgan fingerprint density at radius 1 is 1.50 bits per heavy atom. The number of ether oxygens (including phenoxy) is 1. The van der Waals surface area contributed by atoms with Gasteiger partial charge in [-0.2, -0.15) is 0 Å². The van der Waals surface area contributed by atoms with Crippen LogP contribution in [0.2, 0.25) is 0 Å². The summed E-state index contributed by atoms with van der Waals surface area (Å²) in [6.07, 6.45) is 0. The quantitative estimate of drug-likeness (QED) is 0.702. The van der Waals surface area contributed by atoms with Crippen LogP contribution in [0.15, 0.2) is 18.2 Å². The molecule has 0 aliphatic rings. The molecule has 1 aromatic rings. The van der Waals surface area contributed by atoms with Crippen molar-refractivity contribution >= 4 is 5.69 Å². The lowest BCUT2D eigenvalue weighted by Crippen LogP contribution is -1.98. The van der Waals surface area contributed by atoms with Gasteiger partial charge in [0, 0.05) is 17.9 Å². The molecule has 0 atom stereocenters. The van der Waals surface area contributed by atoms with Crippen molar-refractivity contribution in [2.45, 2.75) is 13.5 Å². The Labute approximate surface area is 71.1 Å². The average Bonchev–Trinajstić information content (AvgIpc) is 2.07. The second kappa shape index (κ2) is 4.07. The predicted octanol–water partition coefficient (Wildman–Crippen LogP) is 1.94. The first-order chi connectivity index (χ1) is 5.74. The Hall–Kier alpha value is -1.09. The van der Waals surface area contributed by atoms with E-state index in [1.54, 1.807) is 6.07 Å². The summed E-state index contributed by atoms with van der Waals surface area (Å²) < 4.78 is 17.8. The monoisotopic (exact) mass is 169 g/mol. The van der Waals surface area contributed by atoms with Crippen LogP contribution in [0.25, 0.3) is 0 Å². The molecule has 66 valence electrons. The summed E-state index contributed by atoms with van der Waals surface area (Å²) in [6, 6.07) is 4.28. The highest BCUT2D eigenvalue weighted by molar-refractivity contribution is 5.46. The number of anilines is 1. The lowest BCUT2D eigenvalue weighted by atomic mass is 10.2. The predicted molar refractivity (Wildman–Crippen MR) is 46.1 cm³/mol. The molecule has 12 heavy (non-hydrogen) atoms.